The fourth-order valence-electron chi connectivity index (χ4n) is 3.75. The maximum atomic E-state index is 13.0. The first-order valence-electron chi connectivity index (χ1n) is 11.8. The van der Waals surface area contributed by atoms with Crippen LogP contribution in [0.25, 0.3) is 17.1 Å². The molecule has 12 heteroatoms. The Bertz CT molecular complexity index is 1700. The van der Waals surface area contributed by atoms with Crippen LogP contribution in [0.15, 0.2) is 83.7 Å². The molecule has 40 heavy (non-hydrogen) atoms. The number of pyridine rings is 1. The number of aryl methyl sites for hydroxylation is 1. The number of aromatic nitrogens is 5. The molecule has 0 bridgehead atoms. The van der Waals surface area contributed by atoms with Crippen LogP contribution in [0.2, 0.25) is 5.02 Å². The van der Waals surface area contributed by atoms with Crippen LogP contribution in [0.4, 0.5) is 5.69 Å². The standard InChI is InChI=1S/C19H14BrClN6O2.C9H8N2/c1-10-6-11(9-22)7-12(18(28)23-2)16(10)25-19(29)14-8-15(20)26-27(14)17-13(21)4-3-5-24-17;1-2-4-8(5-3-1)9-6-7-10-11-9/h3-8H,1-2H3,(H,23,28)(H,25,29);1-7H,(H,10,11). The van der Waals surface area contributed by atoms with Gasteiger partial charge in [-0.1, -0.05) is 41.9 Å². The molecule has 3 aromatic heterocycles. The summed E-state index contributed by atoms with van der Waals surface area (Å²) in [4.78, 5) is 29.5. The van der Waals surface area contributed by atoms with E-state index in [4.69, 9.17) is 11.6 Å². The smallest absolute Gasteiger partial charge is 0.274 e. The van der Waals surface area contributed by atoms with Gasteiger partial charge in [0, 0.05) is 31.1 Å². The van der Waals surface area contributed by atoms with Crippen LogP contribution < -0.4 is 10.6 Å². The molecule has 0 aliphatic heterocycles. The summed E-state index contributed by atoms with van der Waals surface area (Å²) in [5, 5.41) is 25.8. The fourth-order valence-corrected chi connectivity index (χ4v) is 4.32. The number of benzene rings is 2. The molecular formula is C28H22BrClN8O2. The van der Waals surface area contributed by atoms with Crippen molar-refractivity contribution in [1.29, 1.82) is 5.26 Å². The lowest BCUT2D eigenvalue weighted by atomic mass is 10.0. The molecular weight excluding hydrogens is 596 g/mol. The monoisotopic (exact) mass is 616 g/mol. The fraction of sp³-hybridized carbons (Fsp3) is 0.0714. The van der Waals surface area contributed by atoms with Crippen molar-refractivity contribution in [3.63, 3.8) is 0 Å². The van der Waals surface area contributed by atoms with Crippen molar-refractivity contribution in [3.05, 3.63) is 111 Å². The molecule has 10 nitrogen and oxygen atoms in total. The van der Waals surface area contributed by atoms with Crippen LogP contribution in [0.3, 0.4) is 0 Å². The number of carbonyl (C=O) groups is 2. The predicted octanol–water partition coefficient (Wildman–Crippen LogP) is 5.55. The number of amides is 2. The molecule has 2 amide bonds. The second kappa shape index (κ2) is 12.8. The van der Waals surface area contributed by atoms with Gasteiger partial charge in [-0.05, 0) is 58.7 Å². The van der Waals surface area contributed by atoms with Crippen molar-refractivity contribution in [2.75, 3.05) is 12.4 Å². The highest BCUT2D eigenvalue weighted by Crippen LogP contribution is 2.26. The molecule has 2 aromatic carbocycles. The molecule has 5 rings (SSSR count). The second-order valence-corrected chi connectivity index (χ2v) is 9.48. The summed E-state index contributed by atoms with van der Waals surface area (Å²) < 4.78 is 1.72. The van der Waals surface area contributed by atoms with Crippen molar-refractivity contribution in [1.82, 2.24) is 30.3 Å². The molecule has 3 N–H and O–H groups in total. The minimum absolute atomic E-state index is 0.157. The SMILES string of the molecule is CNC(=O)c1cc(C#N)cc(C)c1NC(=O)c1cc(Br)nn1-c1ncccc1Cl.c1ccc(-c2cc[nH]n2)cc1. The van der Waals surface area contributed by atoms with Gasteiger partial charge in [0.2, 0.25) is 0 Å². The van der Waals surface area contributed by atoms with Crippen molar-refractivity contribution in [3.8, 4) is 23.1 Å². The third kappa shape index (κ3) is 6.43. The van der Waals surface area contributed by atoms with Crippen LogP contribution in [-0.2, 0) is 0 Å². The number of rotatable bonds is 5. The van der Waals surface area contributed by atoms with Crippen LogP contribution >= 0.6 is 27.5 Å². The van der Waals surface area contributed by atoms with Gasteiger partial charge in [0.1, 0.15) is 10.3 Å². The van der Waals surface area contributed by atoms with Gasteiger partial charge in [-0.3, -0.25) is 14.7 Å². The van der Waals surface area contributed by atoms with Crippen LogP contribution in [-0.4, -0.2) is 43.8 Å². The Balaban J connectivity index is 0.000000278. The average Bonchev–Trinajstić information content (AvgIpc) is 3.65. The zero-order valence-corrected chi connectivity index (χ0v) is 23.7. The van der Waals surface area contributed by atoms with Crippen molar-refractivity contribution in [2.24, 2.45) is 0 Å². The minimum Gasteiger partial charge on any atom is -0.355 e. The summed E-state index contributed by atoms with van der Waals surface area (Å²) >= 11 is 9.45. The summed E-state index contributed by atoms with van der Waals surface area (Å²) in [7, 11) is 1.47. The highest BCUT2D eigenvalue weighted by Gasteiger charge is 2.22. The van der Waals surface area contributed by atoms with Crippen LogP contribution in [0.5, 0.6) is 0 Å². The number of nitrogens with zero attached hydrogens (tertiary/aromatic N) is 5. The van der Waals surface area contributed by atoms with Crippen LogP contribution in [0.1, 0.15) is 32.0 Å². The Labute approximate surface area is 243 Å². The highest BCUT2D eigenvalue weighted by atomic mass is 79.9. The van der Waals surface area contributed by atoms with Crippen molar-refractivity contribution in [2.45, 2.75) is 6.92 Å². The predicted molar refractivity (Wildman–Crippen MR) is 155 cm³/mol. The molecule has 5 aromatic rings. The average molecular weight is 618 g/mol. The number of anilines is 1. The largest absolute Gasteiger partial charge is 0.355 e. The second-order valence-electron chi connectivity index (χ2n) is 8.26. The topological polar surface area (TPSA) is 141 Å². The van der Waals surface area contributed by atoms with Gasteiger partial charge < -0.3 is 10.6 Å². The quantitative estimate of drug-likeness (QED) is 0.236. The number of carbonyl (C=O) groups excluding carboxylic acids is 2. The molecule has 0 spiro atoms. The molecule has 3 heterocycles. The number of nitrogens with one attached hydrogen (secondary N) is 3. The molecule has 200 valence electrons. The Morgan fingerprint density at radius 2 is 1.85 bits per heavy atom. The van der Waals surface area contributed by atoms with Gasteiger partial charge in [-0.2, -0.15) is 15.5 Å². The molecule has 0 aliphatic rings. The molecule has 0 radical (unpaired) electrons. The van der Waals surface area contributed by atoms with Crippen LogP contribution in [0, 0.1) is 18.3 Å². The number of hydrogen-bond acceptors (Lipinski definition) is 6. The molecule has 0 unspecified atom stereocenters. The first-order valence-corrected chi connectivity index (χ1v) is 13.0. The Morgan fingerprint density at radius 3 is 2.50 bits per heavy atom. The molecule has 0 aliphatic carbocycles. The van der Waals surface area contributed by atoms with Gasteiger partial charge in [0.05, 0.1) is 33.6 Å². The lowest BCUT2D eigenvalue weighted by molar-refractivity contribution is 0.0964. The first kappa shape index (κ1) is 28.2. The number of aromatic amines is 1. The van der Waals surface area contributed by atoms with Gasteiger partial charge in [0.15, 0.2) is 5.82 Å². The van der Waals surface area contributed by atoms with E-state index in [1.165, 1.54) is 30.1 Å². The third-order valence-electron chi connectivity index (χ3n) is 5.60. The van der Waals surface area contributed by atoms with Gasteiger partial charge in [-0.15, -0.1) is 0 Å². The Hall–Kier alpha value is -4.79. The zero-order chi connectivity index (χ0) is 28.6. The summed E-state index contributed by atoms with van der Waals surface area (Å²) in [5.41, 5.74) is 3.65. The number of halogens is 2. The van der Waals surface area contributed by atoms with Gasteiger partial charge >= 0.3 is 0 Å². The van der Waals surface area contributed by atoms with E-state index >= 15 is 0 Å². The third-order valence-corrected chi connectivity index (χ3v) is 6.28. The van der Waals surface area contributed by atoms with E-state index in [-0.39, 0.29) is 17.1 Å². The van der Waals surface area contributed by atoms with E-state index in [1.54, 1.807) is 25.1 Å². The first-order chi connectivity index (χ1) is 19.3. The lowest BCUT2D eigenvalue weighted by Gasteiger charge is -2.14. The molecule has 0 saturated carbocycles. The van der Waals surface area contributed by atoms with E-state index in [1.807, 2.05) is 48.7 Å². The summed E-state index contributed by atoms with van der Waals surface area (Å²) in [5.74, 6) is -0.668. The minimum atomic E-state index is -0.525. The summed E-state index contributed by atoms with van der Waals surface area (Å²) in [6.45, 7) is 1.70. The van der Waals surface area contributed by atoms with Gasteiger partial charge in [-0.25, -0.2) is 9.67 Å². The highest BCUT2D eigenvalue weighted by molar-refractivity contribution is 9.10. The van der Waals surface area contributed by atoms with Gasteiger partial charge in [0.25, 0.3) is 11.8 Å². The van der Waals surface area contributed by atoms with E-state index in [0.29, 0.717) is 26.4 Å². The maximum Gasteiger partial charge on any atom is 0.274 e. The summed E-state index contributed by atoms with van der Waals surface area (Å²) in [6.07, 6.45) is 3.36. The molecule has 0 fully saturated rings. The summed E-state index contributed by atoms with van der Waals surface area (Å²) in [6, 6.07) is 21.9. The van der Waals surface area contributed by atoms with E-state index in [0.717, 1.165) is 11.3 Å². The molecule has 0 saturated heterocycles. The number of nitriles is 1. The normalized spacial score (nSPS) is 10.2. The van der Waals surface area contributed by atoms with Crippen molar-refractivity contribution < 1.29 is 9.59 Å². The van der Waals surface area contributed by atoms with Crippen molar-refractivity contribution >= 4 is 45.0 Å². The Morgan fingerprint density at radius 1 is 1.07 bits per heavy atom. The maximum absolute atomic E-state index is 13.0. The van der Waals surface area contributed by atoms with E-state index in [2.05, 4.69) is 46.8 Å². The number of hydrogen-bond donors (Lipinski definition) is 3. The van der Waals surface area contributed by atoms with E-state index in [9.17, 15) is 14.9 Å². The van der Waals surface area contributed by atoms with E-state index < -0.39 is 11.8 Å². The molecule has 0 atom stereocenters. The lowest BCUT2D eigenvalue weighted by Crippen LogP contribution is -2.24. The Kier molecular flexibility index (Phi) is 9.06. The number of H-pyrrole nitrogens is 1. The zero-order valence-electron chi connectivity index (χ0n) is 21.3.